The lowest BCUT2D eigenvalue weighted by Gasteiger charge is -2.26. The van der Waals surface area contributed by atoms with Crippen molar-refractivity contribution in [3.63, 3.8) is 0 Å². The molecule has 0 amide bonds. The van der Waals surface area contributed by atoms with Crippen LogP contribution in [0, 0.1) is 0 Å². The fourth-order valence-corrected chi connectivity index (χ4v) is 2.73. The number of hydrogen-bond donors (Lipinski definition) is 1. The molecule has 2 rings (SSSR count). The van der Waals surface area contributed by atoms with E-state index in [9.17, 15) is 0 Å². The van der Waals surface area contributed by atoms with E-state index in [1.807, 2.05) is 12.1 Å². The minimum absolute atomic E-state index is 0.789. The maximum absolute atomic E-state index is 6.10. The summed E-state index contributed by atoms with van der Waals surface area (Å²) in [7, 11) is 0. The molecule has 1 aliphatic rings. The number of aryl methyl sites for hydroxylation is 1. The number of nitrogens with one attached hydrogen (secondary N) is 1. The largest absolute Gasteiger partial charge is 0.494 e. The van der Waals surface area contributed by atoms with Crippen molar-refractivity contribution < 1.29 is 4.74 Å². The molecule has 1 aliphatic heterocycles. The summed E-state index contributed by atoms with van der Waals surface area (Å²) in [5.74, 6) is 0.938. The van der Waals surface area contributed by atoms with Gasteiger partial charge >= 0.3 is 0 Å². The summed E-state index contributed by atoms with van der Waals surface area (Å²) in [6.07, 6.45) is 3.25. The molecule has 1 saturated heterocycles. The van der Waals surface area contributed by atoms with Crippen LogP contribution in [0.15, 0.2) is 18.2 Å². The predicted octanol–water partition coefficient (Wildman–Crippen LogP) is 2.97. The highest BCUT2D eigenvalue weighted by Crippen LogP contribution is 2.22. The van der Waals surface area contributed by atoms with Crippen LogP contribution in [-0.2, 0) is 6.42 Å². The summed E-state index contributed by atoms with van der Waals surface area (Å²) < 4.78 is 5.80. The van der Waals surface area contributed by atoms with Crippen molar-refractivity contribution in [1.29, 1.82) is 0 Å². The van der Waals surface area contributed by atoms with Crippen molar-refractivity contribution in [2.24, 2.45) is 0 Å². The quantitative estimate of drug-likeness (QED) is 0.783. The van der Waals surface area contributed by atoms with E-state index < -0.39 is 0 Å². The maximum atomic E-state index is 6.10. The Morgan fingerprint density at radius 3 is 2.80 bits per heavy atom. The molecule has 0 saturated carbocycles. The number of halogens is 1. The molecule has 4 heteroatoms. The molecular formula is C16H25ClN2O. The van der Waals surface area contributed by atoms with Crippen LogP contribution < -0.4 is 10.1 Å². The molecule has 1 fully saturated rings. The summed E-state index contributed by atoms with van der Waals surface area (Å²) in [4.78, 5) is 2.52. The standard InChI is InChI=1S/C16H25ClN2O/c1-2-14-13-15(5-6-16(14)17)20-12-4-3-9-19-10-7-18-8-11-19/h5-6,13,18H,2-4,7-12H2,1H3. The minimum Gasteiger partial charge on any atom is -0.494 e. The third kappa shape index (κ3) is 4.97. The number of benzene rings is 1. The first kappa shape index (κ1) is 15.6. The molecule has 112 valence electrons. The molecule has 0 atom stereocenters. The van der Waals surface area contributed by atoms with E-state index in [4.69, 9.17) is 16.3 Å². The van der Waals surface area contributed by atoms with Gasteiger partial charge in [-0.2, -0.15) is 0 Å². The highest BCUT2D eigenvalue weighted by molar-refractivity contribution is 6.31. The van der Waals surface area contributed by atoms with Crippen LogP contribution in [0.1, 0.15) is 25.3 Å². The van der Waals surface area contributed by atoms with Crippen LogP contribution in [0.2, 0.25) is 5.02 Å². The zero-order valence-corrected chi connectivity index (χ0v) is 13.1. The average molecular weight is 297 g/mol. The van der Waals surface area contributed by atoms with Crippen molar-refractivity contribution >= 4 is 11.6 Å². The zero-order valence-electron chi connectivity index (χ0n) is 12.3. The second-order valence-corrected chi connectivity index (χ2v) is 5.66. The van der Waals surface area contributed by atoms with E-state index in [0.717, 1.165) is 48.9 Å². The van der Waals surface area contributed by atoms with E-state index in [0.29, 0.717) is 0 Å². The summed E-state index contributed by atoms with van der Waals surface area (Å²) in [5, 5.41) is 4.21. The first-order valence-corrected chi connectivity index (χ1v) is 8.01. The topological polar surface area (TPSA) is 24.5 Å². The Labute approximate surface area is 127 Å². The van der Waals surface area contributed by atoms with Crippen molar-refractivity contribution in [2.75, 3.05) is 39.3 Å². The summed E-state index contributed by atoms with van der Waals surface area (Å²) >= 11 is 6.10. The second kappa shape index (κ2) is 8.50. The predicted molar refractivity (Wildman–Crippen MR) is 84.9 cm³/mol. The molecule has 0 radical (unpaired) electrons. The van der Waals surface area contributed by atoms with Crippen molar-refractivity contribution in [1.82, 2.24) is 10.2 Å². The van der Waals surface area contributed by atoms with Crippen LogP contribution in [0.4, 0.5) is 0 Å². The third-order valence-electron chi connectivity index (χ3n) is 3.75. The van der Waals surface area contributed by atoms with Gasteiger partial charge in [0.15, 0.2) is 0 Å². The Balaban J connectivity index is 1.63. The monoisotopic (exact) mass is 296 g/mol. The van der Waals surface area contributed by atoms with Gasteiger partial charge in [-0.1, -0.05) is 18.5 Å². The number of nitrogens with zero attached hydrogens (tertiary/aromatic N) is 1. The Morgan fingerprint density at radius 1 is 1.25 bits per heavy atom. The lowest BCUT2D eigenvalue weighted by molar-refractivity contribution is 0.226. The molecule has 0 aromatic heterocycles. The lowest BCUT2D eigenvalue weighted by atomic mass is 10.1. The lowest BCUT2D eigenvalue weighted by Crippen LogP contribution is -2.43. The SMILES string of the molecule is CCc1cc(OCCCCN2CCNCC2)ccc1Cl. The normalized spacial score (nSPS) is 16.3. The molecular weight excluding hydrogens is 272 g/mol. The third-order valence-corrected chi connectivity index (χ3v) is 4.11. The van der Waals surface area contributed by atoms with E-state index >= 15 is 0 Å². The van der Waals surface area contributed by atoms with Gasteiger partial charge < -0.3 is 15.0 Å². The Bertz CT molecular complexity index is 405. The van der Waals surface area contributed by atoms with Gasteiger partial charge in [0.25, 0.3) is 0 Å². The highest BCUT2D eigenvalue weighted by Gasteiger charge is 2.08. The van der Waals surface area contributed by atoms with E-state index in [2.05, 4.69) is 23.2 Å². The van der Waals surface area contributed by atoms with Crippen LogP contribution in [-0.4, -0.2) is 44.2 Å². The van der Waals surface area contributed by atoms with Gasteiger partial charge in [-0.15, -0.1) is 0 Å². The average Bonchev–Trinajstić information content (AvgIpc) is 2.49. The molecule has 1 heterocycles. The maximum Gasteiger partial charge on any atom is 0.119 e. The van der Waals surface area contributed by atoms with Crippen LogP contribution >= 0.6 is 11.6 Å². The van der Waals surface area contributed by atoms with E-state index in [1.54, 1.807) is 0 Å². The fraction of sp³-hybridized carbons (Fsp3) is 0.625. The van der Waals surface area contributed by atoms with Crippen LogP contribution in [0.25, 0.3) is 0 Å². The minimum atomic E-state index is 0.789. The van der Waals surface area contributed by atoms with Gasteiger partial charge in [0.05, 0.1) is 6.61 Å². The highest BCUT2D eigenvalue weighted by atomic mass is 35.5. The molecule has 20 heavy (non-hydrogen) atoms. The first-order chi connectivity index (χ1) is 9.79. The molecule has 3 nitrogen and oxygen atoms in total. The van der Waals surface area contributed by atoms with Gasteiger partial charge in [0.1, 0.15) is 5.75 Å². The number of unbranched alkanes of at least 4 members (excludes halogenated alkanes) is 1. The Hall–Kier alpha value is -0.770. The zero-order chi connectivity index (χ0) is 14.2. The summed E-state index contributed by atoms with van der Waals surface area (Å²) in [5.41, 5.74) is 1.16. The fourth-order valence-electron chi connectivity index (χ4n) is 2.47. The van der Waals surface area contributed by atoms with E-state index in [1.165, 1.54) is 26.1 Å². The van der Waals surface area contributed by atoms with Gasteiger partial charge in [-0.05, 0) is 49.6 Å². The molecule has 1 aromatic carbocycles. The second-order valence-electron chi connectivity index (χ2n) is 5.25. The number of hydrogen-bond acceptors (Lipinski definition) is 3. The Kier molecular flexibility index (Phi) is 6.64. The number of rotatable bonds is 7. The van der Waals surface area contributed by atoms with Gasteiger partial charge in [0, 0.05) is 31.2 Å². The van der Waals surface area contributed by atoms with Gasteiger partial charge in [-0.25, -0.2) is 0 Å². The molecule has 0 bridgehead atoms. The van der Waals surface area contributed by atoms with Crippen molar-refractivity contribution in [2.45, 2.75) is 26.2 Å². The molecule has 0 aliphatic carbocycles. The van der Waals surface area contributed by atoms with E-state index in [-0.39, 0.29) is 0 Å². The smallest absolute Gasteiger partial charge is 0.119 e. The molecule has 0 spiro atoms. The van der Waals surface area contributed by atoms with Crippen molar-refractivity contribution in [3.05, 3.63) is 28.8 Å². The van der Waals surface area contributed by atoms with Crippen LogP contribution in [0.3, 0.4) is 0 Å². The van der Waals surface area contributed by atoms with Crippen molar-refractivity contribution in [3.8, 4) is 5.75 Å². The number of ether oxygens (including phenoxy) is 1. The Morgan fingerprint density at radius 2 is 2.05 bits per heavy atom. The summed E-state index contributed by atoms with van der Waals surface area (Å²) in [6.45, 7) is 8.69. The summed E-state index contributed by atoms with van der Waals surface area (Å²) in [6, 6.07) is 5.94. The molecule has 1 N–H and O–H groups in total. The van der Waals surface area contributed by atoms with Gasteiger partial charge in [-0.3, -0.25) is 0 Å². The molecule has 0 unspecified atom stereocenters. The van der Waals surface area contributed by atoms with Gasteiger partial charge in [0.2, 0.25) is 0 Å². The number of piperazine rings is 1. The van der Waals surface area contributed by atoms with Crippen LogP contribution in [0.5, 0.6) is 5.75 Å². The first-order valence-electron chi connectivity index (χ1n) is 7.64. The molecule has 1 aromatic rings.